The highest BCUT2D eigenvalue weighted by atomic mass is 16.5. The van der Waals surface area contributed by atoms with Gasteiger partial charge < -0.3 is 9.72 Å². The molecular weight excluding hydrogens is 350 g/mol. The highest BCUT2D eigenvalue weighted by Crippen LogP contribution is 2.20. The SMILES string of the molecule is C=CC(=O)/N=C(\N=c1\ccc(-c2ccc(OC)cc2)c[nH]1)c1ccccc1C. The lowest BCUT2D eigenvalue weighted by Gasteiger charge is -2.05. The van der Waals surface area contributed by atoms with Crippen LogP contribution in [0.3, 0.4) is 0 Å². The van der Waals surface area contributed by atoms with Crippen molar-refractivity contribution < 1.29 is 9.53 Å². The van der Waals surface area contributed by atoms with Gasteiger partial charge in [-0.25, -0.2) is 4.99 Å². The molecule has 2 aromatic carbocycles. The highest BCUT2D eigenvalue weighted by Gasteiger charge is 2.07. The number of methoxy groups -OCH3 is 1. The first-order valence-electron chi connectivity index (χ1n) is 8.79. The van der Waals surface area contributed by atoms with Crippen LogP contribution >= 0.6 is 0 Å². The van der Waals surface area contributed by atoms with Crippen LogP contribution in [0.2, 0.25) is 0 Å². The molecule has 0 spiro atoms. The van der Waals surface area contributed by atoms with Crippen molar-refractivity contribution in [3.63, 3.8) is 0 Å². The topological polar surface area (TPSA) is 66.8 Å². The van der Waals surface area contributed by atoms with Gasteiger partial charge in [0, 0.05) is 11.8 Å². The Bertz CT molecular complexity index is 1070. The Morgan fingerprint density at radius 1 is 1.04 bits per heavy atom. The van der Waals surface area contributed by atoms with Crippen molar-refractivity contribution in [1.82, 2.24) is 4.98 Å². The summed E-state index contributed by atoms with van der Waals surface area (Å²) in [4.78, 5) is 23.6. The van der Waals surface area contributed by atoms with E-state index in [9.17, 15) is 4.79 Å². The van der Waals surface area contributed by atoms with Crippen molar-refractivity contribution in [3.8, 4) is 16.9 Å². The Morgan fingerprint density at radius 3 is 2.36 bits per heavy atom. The van der Waals surface area contributed by atoms with E-state index in [4.69, 9.17) is 4.74 Å². The van der Waals surface area contributed by atoms with Crippen LogP contribution in [0.25, 0.3) is 11.1 Å². The highest BCUT2D eigenvalue weighted by molar-refractivity contribution is 6.08. The fourth-order valence-corrected chi connectivity index (χ4v) is 2.68. The van der Waals surface area contributed by atoms with E-state index >= 15 is 0 Å². The zero-order valence-corrected chi connectivity index (χ0v) is 15.8. The quantitative estimate of drug-likeness (QED) is 0.427. The number of benzene rings is 2. The summed E-state index contributed by atoms with van der Waals surface area (Å²) in [6.07, 6.45) is 3.04. The van der Waals surface area contributed by atoms with Gasteiger partial charge in [0.05, 0.1) is 7.11 Å². The summed E-state index contributed by atoms with van der Waals surface area (Å²) < 4.78 is 5.19. The van der Waals surface area contributed by atoms with E-state index in [0.717, 1.165) is 28.0 Å². The number of aromatic amines is 1. The first kappa shape index (κ1) is 19.0. The summed E-state index contributed by atoms with van der Waals surface area (Å²) >= 11 is 0. The van der Waals surface area contributed by atoms with Crippen molar-refractivity contribution in [3.05, 3.63) is 96.1 Å². The van der Waals surface area contributed by atoms with Gasteiger partial charge in [-0.15, -0.1) is 0 Å². The van der Waals surface area contributed by atoms with Crippen molar-refractivity contribution in [2.24, 2.45) is 9.98 Å². The number of H-pyrrole nitrogens is 1. The second kappa shape index (κ2) is 8.77. The Labute approximate surface area is 163 Å². The Kier molecular flexibility index (Phi) is 5.97. The number of hydrogen-bond donors (Lipinski definition) is 1. The first-order valence-corrected chi connectivity index (χ1v) is 8.79. The first-order chi connectivity index (χ1) is 13.6. The van der Waals surface area contributed by atoms with Gasteiger partial charge in [0.15, 0.2) is 5.84 Å². The largest absolute Gasteiger partial charge is 0.497 e. The number of amidine groups is 1. The van der Waals surface area contributed by atoms with Gasteiger partial charge in [0.2, 0.25) is 0 Å². The molecular formula is C23H21N3O2. The lowest BCUT2D eigenvalue weighted by Crippen LogP contribution is -2.13. The molecule has 0 saturated carbocycles. The van der Waals surface area contributed by atoms with Crippen LogP contribution in [0.5, 0.6) is 5.75 Å². The van der Waals surface area contributed by atoms with Gasteiger partial charge in [-0.1, -0.05) is 43.0 Å². The number of carbonyl (C=O) groups is 1. The second-order valence-corrected chi connectivity index (χ2v) is 6.10. The van der Waals surface area contributed by atoms with Crippen molar-refractivity contribution in [2.75, 3.05) is 7.11 Å². The van der Waals surface area contributed by atoms with Gasteiger partial charge in [-0.3, -0.25) is 4.79 Å². The number of amides is 1. The molecule has 5 heteroatoms. The zero-order valence-electron chi connectivity index (χ0n) is 15.8. The molecule has 5 nitrogen and oxygen atoms in total. The minimum absolute atomic E-state index is 0.344. The Morgan fingerprint density at radius 2 is 1.75 bits per heavy atom. The summed E-state index contributed by atoms with van der Waals surface area (Å²) in [5.41, 5.74) is 4.44. The number of nitrogens with zero attached hydrogens (tertiary/aromatic N) is 2. The van der Waals surface area contributed by atoms with E-state index in [1.165, 1.54) is 6.08 Å². The average molecular weight is 371 g/mol. The molecule has 140 valence electrons. The summed E-state index contributed by atoms with van der Waals surface area (Å²) in [7, 11) is 1.64. The molecule has 1 heterocycles. The Hall–Kier alpha value is -3.73. The molecule has 0 atom stereocenters. The molecule has 0 aliphatic rings. The van der Waals surface area contributed by atoms with Gasteiger partial charge in [-0.2, -0.15) is 4.99 Å². The number of aryl methyl sites for hydroxylation is 1. The average Bonchev–Trinajstić information content (AvgIpc) is 2.74. The van der Waals surface area contributed by atoms with Gasteiger partial charge in [-0.05, 0) is 54.0 Å². The molecule has 1 N–H and O–H groups in total. The minimum Gasteiger partial charge on any atom is -0.497 e. The van der Waals surface area contributed by atoms with Crippen LogP contribution < -0.4 is 10.2 Å². The van der Waals surface area contributed by atoms with E-state index < -0.39 is 5.91 Å². The minimum atomic E-state index is -0.433. The number of aromatic nitrogens is 1. The van der Waals surface area contributed by atoms with Gasteiger partial charge in [0.1, 0.15) is 11.2 Å². The maximum absolute atomic E-state index is 11.8. The van der Waals surface area contributed by atoms with Crippen molar-refractivity contribution >= 4 is 11.7 Å². The summed E-state index contributed by atoms with van der Waals surface area (Å²) in [6.45, 7) is 5.43. The number of aliphatic imine (C=N–C) groups is 1. The molecule has 1 amide bonds. The molecule has 0 radical (unpaired) electrons. The Balaban J connectivity index is 1.99. The molecule has 1 aromatic heterocycles. The molecule has 0 bridgehead atoms. The van der Waals surface area contributed by atoms with E-state index in [0.29, 0.717) is 11.3 Å². The summed E-state index contributed by atoms with van der Waals surface area (Å²) in [5, 5.41) is 0. The van der Waals surface area contributed by atoms with Crippen LogP contribution in [-0.4, -0.2) is 23.8 Å². The summed E-state index contributed by atoms with van der Waals surface area (Å²) in [6, 6.07) is 19.3. The number of nitrogens with one attached hydrogen (secondary N) is 1. The van der Waals surface area contributed by atoms with Gasteiger partial charge >= 0.3 is 0 Å². The van der Waals surface area contributed by atoms with Crippen LogP contribution in [-0.2, 0) is 4.79 Å². The van der Waals surface area contributed by atoms with Gasteiger partial charge in [0.25, 0.3) is 5.91 Å². The molecule has 0 aliphatic carbocycles. The second-order valence-electron chi connectivity index (χ2n) is 6.10. The molecule has 28 heavy (non-hydrogen) atoms. The molecule has 3 aromatic rings. The third-order valence-electron chi connectivity index (χ3n) is 4.22. The standard InChI is InChI=1S/C23H21N3O2/c1-4-22(27)26-23(20-8-6-5-7-16(20)2)25-21-14-11-18(15-24-21)17-9-12-19(28-3)13-10-17/h4-15H,1H2,2-3H3,(H,24,25,26,27). The molecule has 0 fully saturated rings. The number of carbonyl (C=O) groups excluding carboxylic acids is 1. The number of hydrogen-bond acceptors (Lipinski definition) is 2. The molecule has 0 unspecified atom stereocenters. The van der Waals surface area contributed by atoms with E-state index in [1.54, 1.807) is 7.11 Å². The van der Waals surface area contributed by atoms with E-state index in [-0.39, 0.29) is 0 Å². The lowest BCUT2D eigenvalue weighted by molar-refractivity contribution is -0.113. The predicted molar refractivity (Wildman–Crippen MR) is 111 cm³/mol. The van der Waals surface area contributed by atoms with Crippen LogP contribution in [0.1, 0.15) is 11.1 Å². The van der Waals surface area contributed by atoms with Crippen molar-refractivity contribution in [2.45, 2.75) is 6.92 Å². The summed E-state index contributed by atoms with van der Waals surface area (Å²) in [5.74, 6) is 0.721. The molecule has 0 saturated heterocycles. The fraction of sp³-hybridized carbons (Fsp3) is 0.0870. The zero-order chi connectivity index (χ0) is 19.9. The van der Waals surface area contributed by atoms with E-state index in [1.807, 2.05) is 73.8 Å². The molecule has 3 rings (SSSR count). The van der Waals surface area contributed by atoms with E-state index in [2.05, 4.69) is 21.5 Å². The monoisotopic (exact) mass is 371 g/mol. The number of rotatable bonds is 4. The number of ether oxygens (including phenoxy) is 1. The number of pyridine rings is 1. The third-order valence-corrected chi connectivity index (χ3v) is 4.22. The van der Waals surface area contributed by atoms with Crippen LogP contribution in [0, 0.1) is 6.92 Å². The maximum atomic E-state index is 11.8. The van der Waals surface area contributed by atoms with Crippen molar-refractivity contribution in [1.29, 1.82) is 0 Å². The van der Waals surface area contributed by atoms with Crippen LogP contribution in [0.4, 0.5) is 0 Å². The fourth-order valence-electron chi connectivity index (χ4n) is 2.68. The molecule has 0 aliphatic heterocycles. The predicted octanol–water partition coefficient (Wildman–Crippen LogP) is 4.06. The normalized spacial score (nSPS) is 11.9. The third kappa shape index (κ3) is 4.51. The maximum Gasteiger partial charge on any atom is 0.271 e. The smallest absolute Gasteiger partial charge is 0.271 e. The lowest BCUT2D eigenvalue weighted by atomic mass is 10.1. The van der Waals surface area contributed by atoms with Crippen LogP contribution in [0.15, 0.2) is 89.5 Å².